The molecule has 2 fully saturated rings. The molecule has 1 unspecified atom stereocenters. The van der Waals surface area contributed by atoms with Gasteiger partial charge in [0.1, 0.15) is 0 Å². The molecule has 0 N–H and O–H groups in total. The van der Waals surface area contributed by atoms with Gasteiger partial charge in [0.2, 0.25) is 5.91 Å². The highest BCUT2D eigenvalue weighted by Gasteiger charge is 2.41. The third-order valence-corrected chi connectivity index (χ3v) is 7.89. The number of fused-ring (bicyclic) bond motifs is 1. The number of ether oxygens (including phenoxy) is 2. The highest BCUT2D eigenvalue weighted by molar-refractivity contribution is 7.99. The summed E-state index contributed by atoms with van der Waals surface area (Å²) in [5.74, 6) is 2.30. The summed E-state index contributed by atoms with van der Waals surface area (Å²) in [6, 6.07) is 10.4. The van der Waals surface area contributed by atoms with Gasteiger partial charge in [0.05, 0.1) is 42.6 Å². The summed E-state index contributed by atoms with van der Waals surface area (Å²) in [6.07, 6.45) is 1.71. The molecule has 0 aromatic heterocycles. The number of imide groups is 1. The molecule has 3 amide bonds. The lowest BCUT2D eigenvalue weighted by molar-refractivity contribution is -0.135. The fraction of sp³-hybridized carbons (Fsp3) is 0.423. The smallest absolute Gasteiger partial charge is 0.268 e. The molecule has 3 aliphatic rings. The van der Waals surface area contributed by atoms with Crippen LogP contribution in [0.4, 0.5) is 11.4 Å². The standard InChI is InChI=1S/C26H29N3O5S/c1-33-21-9-8-18(15-22(21)34-2)29-25(31)19-6-3-7-20(23(19)26(29)32)28-10-4-5-17(16-28)24(30)27-11-13-35-14-12-27/h3,6-9,15,17H,4-5,10-14,16H2,1-2H3. The minimum absolute atomic E-state index is 0.100. The largest absolute Gasteiger partial charge is 0.493 e. The summed E-state index contributed by atoms with van der Waals surface area (Å²) in [4.78, 5) is 45.4. The molecule has 8 nitrogen and oxygen atoms in total. The average Bonchev–Trinajstić information content (AvgIpc) is 3.18. The van der Waals surface area contributed by atoms with Crippen molar-refractivity contribution < 1.29 is 23.9 Å². The molecule has 2 aromatic carbocycles. The monoisotopic (exact) mass is 495 g/mol. The number of rotatable bonds is 5. The Hall–Kier alpha value is -3.20. The first kappa shape index (κ1) is 23.5. The predicted octanol–water partition coefficient (Wildman–Crippen LogP) is 3.30. The van der Waals surface area contributed by atoms with E-state index >= 15 is 0 Å². The van der Waals surface area contributed by atoms with E-state index < -0.39 is 0 Å². The summed E-state index contributed by atoms with van der Waals surface area (Å²) in [5.41, 5.74) is 1.92. The van der Waals surface area contributed by atoms with Crippen molar-refractivity contribution in [1.82, 2.24) is 4.90 Å². The maximum atomic E-state index is 13.6. The lowest BCUT2D eigenvalue weighted by atomic mass is 9.94. The quantitative estimate of drug-likeness (QED) is 0.589. The Morgan fingerprint density at radius 1 is 0.971 bits per heavy atom. The van der Waals surface area contributed by atoms with Gasteiger partial charge in [0, 0.05) is 43.8 Å². The van der Waals surface area contributed by atoms with Crippen LogP contribution in [-0.2, 0) is 4.79 Å². The fourth-order valence-corrected chi connectivity index (χ4v) is 6.07. The second kappa shape index (κ2) is 9.81. The van der Waals surface area contributed by atoms with Crippen molar-refractivity contribution in [2.75, 3.05) is 61.7 Å². The third-order valence-electron chi connectivity index (χ3n) is 6.95. The zero-order chi connectivity index (χ0) is 24.5. The van der Waals surface area contributed by atoms with Crippen molar-refractivity contribution in [3.05, 3.63) is 47.5 Å². The van der Waals surface area contributed by atoms with Crippen LogP contribution in [0.1, 0.15) is 33.6 Å². The minimum atomic E-state index is -0.366. The highest BCUT2D eigenvalue weighted by atomic mass is 32.2. The average molecular weight is 496 g/mol. The van der Waals surface area contributed by atoms with Crippen molar-refractivity contribution >= 4 is 40.9 Å². The van der Waals surface area contributed by atoms with E-state index in [9.17, 15) is 14.4 Å². The van der Waals surface area contributed by atoms with Crippen molar-refractivity contribution in [2.24, 2.45) is 5.92 Å². The number of anilines is 2. The van der Waals surface area contributed by atoms with E-state index in [0.717, 1.165) is 49.7 Å². The lowest BCUT2D eigenvalue weighted by Crippen LogP contribution is -2.47. The van der Waals surface area contributed by atoms with Crippen molar-refractivity contribution in [1.29, 1.82) is 0 Å². The summed E-state index contributed by atoms with van der Waals surface area (Å²) < 4.78 is 10.7. The van der Waals surface area contributed by atoms with Crippen LogP contribution in [-0.4, -0.2) is 74.5 Å². The Morgan fingerprint density at radius 3 is 2.49 bits per heavy atom. The molecule has 2 aromatic rings. The number of hydrogen-bond donors (Lipinski definition) is 0. The van der Waals surface area contributed by atoms with Crippen LogP contribution in [0.2, 0.25) is 0 Å². The maximum Gasteiger partial charge on any atom is 0.268 e. The summed E-state index contributed by atoms with van der Waals surface area (Å²) in [7, 11) is 3.05. The SMILES string of the molecule is COc1ccc(N2C(=O)c3cccc(N4CCCC(C(=O)N5CCSCC5)C4)c3C2=O)cc1OC. The molecule has 35 heavy (non-hydrogen) atoms. The van der Waals surface area contributed by atoms with Crippen LogP contribution < -0.4 is 19.3 Å². The van der Waals surface area contributed by atoms with Crippen LogP contribution in [0.15, 0.2) is 36.4 Å². The van der Waals surface area contributed by atoms with Gasteiger partial charge in [-0.2, -0.15) is 11.8 Å². The molecule has 2 saturated heterocycles. The molecular formula is C26H29N3O5S. The second-order valence-electron chi connectivity index (χ2n) is 8.91. The van der Waals surface area contributed by atoms with Gasteiger partial charge in [-0.05, 0) is 37.1 Å². The molecule has 0 aliphatic carbocycles. The van der Waals surface area contributed by atoms with E-state index in [0.29, 0.717) is 34.9 Å². The van der Waals surface area contributed by atoms with Crippen LogP contribution >= 0.6 is 11.8 Å². The molecule has 9 heteroatoms. The van der Waals surface area contributed by atoms with Gasteiger partial charge in [-0.3, -0.25) is 14.4 Å². The lowest BCUT2D eigenvalue weighted by Gasteiger charge is -2.37. The van der Waals surface area contributed by atoms with Crippen molar-refractivity contribution in [3.63, 3.8) is 0 Å². The van der Waals surface area contributed by atoms with Gasteiger partial charge in [0.25, 0.3) is 11.8 Å². The minimum Gasteiger partial charge on any atom is -0.493 e. The topological polar surface area (TPSA) is 79.4 Å². The van der Waals surface area contributed by atoms with E-state index in [1.165, 1.54) is 19.1 Å². The highest BCUT2D eigenvalue weighted by Crippen LogP contribution is 2.39. The van der Waals surface area contributed by atoms with E-state index in [1.807, 2.05) is 28.8 Å². The molecule has 184 valence electrons. The molecule has 0 radical (unpaired) electrons. The molecule has 5 rings (SSSR count). The number of carbonyl (C=O) groups excluding carboxylic acids is 3. The third kappa shape index (κ3) is 4.22. The Balaban J connectivity index is 1.42. The fourth-order valence-electron chi connectivity index (χ4n) is 5.17. The Labute approximate surface area is 209 Å². The maximum absolute atomic E-state index is 13.6. The number of methoxy groups -OCH3 is 2. The van der Waals surface area contributed by atoms with E-state index in [4.69, 9.17) is 9.47 Å². The second-order valence-corrected chi connectivity index (χ2v) is 10.1. The predicted molar refractivity (Wildman–Crippen MR) is 136 cm³/mol. The Bertz CT molecular complexity index is 1160. The van der Waals surface area contributed by atoms with Gasteiger partial charge >= 0.3 is 0 Å². The summed E-state index contributed by atoms with van der Waals surface area (Å²) >= 11 is 1.88. The number of thioether (sulfide) groups is 1. The summed E-state index contributed by atoms with van der Waals surface area (Å²) in [5, 5.41) is 0. The van der Waals surface area contributed by atoms with Crippen LogP contribution in [0.3, 0.4) is 0 Å². The molecular weight excluding hydrogens is 466 g/mol. The first-order valence-electron chi connectivity index (χ1n) is 11.9. The van der Waals surface area contributed by atoms with E-state index in [2.05, 4.69) is 4.90 Å². The molecule has 0 bridgehead atoms. The van der Waals surface area contributed by atoms with E-state index in [-0.39, 0.29) is 23.6 Å². The van der Waals surface area contributed by atoms with Gasteiger partial charge in [-0.25, -0.2) is 4.90 Å². The zero-order valence-electron chi connectivity index (χ0n) is 20.0. The molecule has 3 aliphatic heterocycles. The number of piperidine rings is 1. The van der Waals surface area contributed by atoms with Crippen molar-refractivity contribution in [2.45, 2.75) is 12.8 Å². The normalized spacial score (nSPS) is 20.2. The van der Waals surface area contributed by atoms with Gasteiger partial charge in [-0.15, -0.1) is 0 Å². The number of benzene rings is 2. The van der Waals surface area contributed by atoms with Gasteiger partial charge in [0.15, 0.2) is 11.5 Å². The molecule has 0 saturated carbocycles. The number of hydrogen-bond acceptors (Lipinski definition) is 7. The van der Waals surface area contributed by atoms with Gasteiger partial charge in [-0.1, -0.05) is 6.07 Å². The first-order chi connectivity index (χ1) is 17.0. The number of nitrogens with zero attached hydrogens (tertiary/aromatic N) is 3. The van der Waals surface area contributed by atoms with E-state index in [1.54, 1.807) is 24.3 Å². The Morgan fingerprint density at radius 2 is 1.74 bits per heavy atom. The summed E-state index contributed by atoms with van der Waals surface area (Å²) in [6.45, 7) is 2.90. The van der Waals surface area contributed by atoms with Crippen molar-refractivity contribution in [3.8, 4) is 11.5 Å². The first-order valence-corrected chi connectivity index (χ1v) is 13.0. The van der Waals surface area contributed by atoms with Gasteiger partial charge < -0.3 is 19.3 Å². The number of amides is 3. The van der Waals surface area contributed by atoms with Crippen LogP contribution in [0, 0.1) is 5.92 Å². The molecule has 0 spiro atoms. The van der Waals surface area contributed by atoms with Crippen LogP contribution in [0.5, 0.6) is 11.5 Å². The molecule has 3 heterocycles. The Kier molecular flexibility index (Phi) is 6.60. The number of carbonyl (C=O) groups is 3. The van der Waals surface area contributed by atoms with Crippen LogP contribution in [0.25, 0.3) is 0 Å². The zero-order valence-corrected chi connectivity index (χ0v) is 20.8. The molecule has 1 atom stereocenters.